The van der Waals surface area contributed by atoms with E-state index in [2.05, 4.69) is 11.1 Å². The summed E-state index contributed by atoms with van der Waals surface area (Å²) >= 11 is 0. The summed E-state index contributed by atoms with van der Waals surface area (Å²) in [5.41, 5.74) is 8.62. The first kappa shape index (κ1) is 19.3. The lowest BCUT2D eigenvalue weighted by Crippen LogP contribution is -2.33. The maximum atomic E-state index is 13.6. The molecule has 0 saturated carbocycles. The second-order valence-corrected chi connectivity index (χ2v) is 6.97. The number of benzene rings is 1. The molecular formula is C23H20N4O3. The van der Waals surface area contributed by atoms with E-state index in [9.17, 15) is 10.1 Å². The quantitative estimate of drug-likeness (QED) is 0.722. The summed E-state index contributed by atoms with van der Waals surface area (Å²) in [4.78, 5) is 17.9. The highest BCUT2D eigenvalue weighted by molar-refractivity contribution is 5.55. The maximum absolute atomic E-state index is 13.6. The lowest BCUT2D eigenvalue weighted by atomic mass is 9.84. The first-order valence-corrected chi connectivity index (χ1v) is 9.39. The van der Waals surface area contributed by atoms with Gasteiger partial charge in [-0.1, -0.05) is 18.2 Å². The number of rotatable bonds is 4. The van der Waals surface area contributed by atoms with Crippen LogP contribution in [0.1, 0.15) is 28.4 Å². The number of hydrogen-bond acceptors (Lipinski definition) is 6. The van der Waals surface area contributed by atoms with Crippen molar-refractivity contribution in [2.45, 2.75) is 19.4 Å². The Labute approximate surface area is 173 Å². The van der Waals surface area contributed by atoms with Crippen molar-refractivity contribution in [3.05, 3.63) is 99.1 Å². The first-order valence-electron chi connectivity index (χ1n) is 9.39. The molecule has 2 N–H and O–H groups in total. The molecule has 0 aliphatic carbocycles. The number of ether oxygens (including phenoxy) is 2. The number of nitrogens with two attached hydrogens (primary N) is 1. The molecule has 0 fully saturated rings. The predicted octanol–water partition coefficient (Wildman–Crippen LogP) is 2.83. The van der Waals surface area contributed by atoms with Gasteiger partial charge in [0.05, 0.1) is 30.8 Å². The van der Waals surface area contributed by atoms with Gasteiger partial charge in [-0.2, -0.15) is 5.26 Å². The Hall–Kier alpha value is -4.05. The number of nitrogens with zero attached hydrogens (tertiary/aromatic N) is 3. The molecule has 2 aromatic heterocycles. The number of methoxy groups -OCH3 is 1. The molecule has 4 rings (SSSR count). The van der Waals surface area contributed by atoms with E-state index in [1.807, 2.05) is 37.3 Å². The van der Waals surface area contributed by atoms with Gasteiger partial charge in [0.25, 0.3) is 5.56 Å². The number of aromatic nitrogens is 2. The molecule has 150 valence electrons. The van der Waals surface area contributed by atoms with Gasteiger partial charge in [0.15, 0.2) is 0 Å². The van der Waals surface area contributed by atoms with Crippen LogP contribution < -0.4 is 20.8 Å². The zero-order valence-electron chi connectivity index (χ0n) is 16.6. The van der Waals surface area contributed by atoms with E-state index < -0.39 is 5.92 Å². The molecule has 0 amide bonds. The molecule has 7 heteroatoms. The van der Waals surface area contributed by atoms with E-state index >= 15 is 0 Å². The fourth-order valence-corrected chi connectivity index (χ4v) is 3.67. The van der Waals surface area contributed by atoms with Crippen molar-refractivity contribution in [3.8, 4) is 17.6 Å². The Morgan fingerprint density at radius 1 is 1.27 bits per heavy atom. The Bertz CT molecular complexity index is 1220. The summed E-state index contributed by atoms with van der Waals surface area (Å²) in [7, 11) is 1.58. The van der Waals surface area contributed by atoms with Crippen LogP contribution in [0.25, 0.3) is 0 Å². The molecule has 0 unspecified atom stereocenters. The summed E-state index contributed by atoms with van der Waals surface area (Å²) in [6.45, 7) is 2.14. The van der Waals surface area contributed by atoms with Gasteiger partial charge >= 0.3 is 0 Å². The largest absolute Gasteiger partial charge is 0.497 e. The van der Waals surface area contributed by atoms with Crippen molar-refractivity contribution in [2.24, 2.45) is 5.73 Å². The van der Waals surface area contributed by atoms with Crippen LogP contribution in [-0.4, -0.2) is 16.7 Å². The molecule has 1 atom stereocenters. The second-order valence-electron chi connectivity index (χ2n) is 6.97. The highest BCUT2D eigenvalue weighted by atomic mass is 16.5. The third-order valence-electron chi connectivity index (χ3n) is 5.19. The van der Waals surface area contributed by atoms with Crippen molar-refractivity contribution in [2.75, 3.05) is 7.11 Å². The zero-order valence-corrected chi connectivity index (χ0v) is 16.6. The van der Waals surface area contributed by atoms with Crippen LogP contribution in [-0.2, 0) is 6.54 Å². The standard InChI is InChI=1S/C23H20N4O3/c1-14-11-19-21(23(28)27(14)13-16-5-3-4-10-26-16)20(18(12-24)22(25)30-19)15-6-8-17(29-2)9-7-15/h3-11,20H,13,25H2,1-2H3/t20-/m0/s1. The molecule has 0 bridgehead atoms. The van der Waals surface area contributed by atoms with Crippen LogP contribution in [0.4, 0.5) is 0 Å². The van der Waals surface area contributed by atoms with Crippen LogP contribution in [0.15, 0.2) is 71.0 Å². The molecular weight excluding hydrogens is 380 g/mol. The van der Waals surface area contributed by atoms with E-state index in [1.54, 1.807) is 36.1 Å². The minimum absolute atomic E-state index is 0.00657. The van der Waals surface area contributed by atoms with Gasteiger partial charge in [-0.05, 0) is 36.8 Å². The molecule has 1 aliphatic heterocycles. The van der Waals surface area contributed by atoms with Crippen LogP contribution in [0.5, 0.6) is 11.5 Å². The molecule has 30 heavy (non-hydrogen) atoms. The minimum Gasteiger partial charge on any atom is -0.497 e. The van der Waals surface area contributed by atoms with Gasteiger partial charge < -0.3 is 19.8 Å². The number of pyridine rings is 2. The van der Waals surface area contributed by atoms with Gasteiger partial charge in [0, 0.05) is 18.0 Å². The Balaban J connectivity index is 1.90. The molecule has 3 aromatic rings. The lowest BCUT2D eigenvalue weighted by Gasteiger charge is -2.27. The number of allylic oxidation sites excluding steroid dienone is 1. The number of hydrogen-bond donors (Lipinski definition) is 1. The summed E-state index contributed by atoms with van der Waals surface area (Å²) in [5.74, 6) is 0.421. The van der Waals surface area contributed by atoms with Crippen LogP contribution >= 0.6 is 0 Å². The van der Waals surface area contributed by atoms with Crippen molar-refractivity contribution in [1.82, 2.24) is 9.55 Å². The van der Waals surface area contributed by atoms with Crippen molar-refractivity contribution >= 4 is 0 Å². The van der Waals surface area contributed by atoms with E-state index in [-0.39, 0.29) is 17.0 Å². The third-order valence-corrected chi connectivity index (χ3v) is 5.19. The molecule has 7 nitrogen and oxygen atoms in total. The number of nitriles is 1. The van der Waals surface area contributed by atoms with Crippen molar-refractivity contribution < 1.29 is 9.47 Å². The third kappa shape index (κ3) is 3.29. The van der Waals surface area contributed by atoms with E-state index in [1.165, 1.54) is 0 Å². The molecule has 0 radical (unpaired) electrons. The van der Waals surface area contributed by atoms with Crippen LogP contribution in [0.3, 0.4) is 0 Å². The van der Waals surface area contributed by atoms with E-state index in [0.717, 1.165) is 11.3 Å². The average molecular weight is 400 g/mol. The number of fused-ring (bicyclic) bond motifs is 1. The van der Waals surface area contributed by atoms with E-state index in [0.29, 0.717) is 29.3 Å². The topological polar surface area (TPSA) is 103 Å². The Kier molecular flexibility index (Phi) is 4.98. The molecule has 1 aliphatic rings. The highest BCUT2D eigenvalue weighted by Crippen LogP contribution is 2.40. The summed E-state index contributed by atoms with van der Waals surface area (Å²) in [5, 5.41) is 9.76. The van der Waals surface area contributed by atoms with Crippen LogP contribution in [0.2, 0.25) is 0 Å². The Morgan fingerprint density at radius 3 is 2.67 bits per heavy atom. The zero-order chi connectivity index (χ0) is 21.3. The normalized spacial score (nSPS) is 15.2. The SMILES string of the molecule is COc1ccc([C@H]2C(C#N)=C(N)Oc3cc(C)n(Cc4ccccn4)c(=O)c32)cc1. The second kappa shape index (κ2) is 7.76. The first-order chi connectivity index (χ1) is 14.5. The lowest BCUT2D eigenvalue weighted by molar-refractivity contribution is 0.388. The summed E-state index contributed by atoms with van der Waals surface area (Å²) in [6.07, 6.45) is 1.69. The van der Waals surface area contributed by atoms with Crippen LogP contribution in [0, 0.1) is 18.3 Å². The average Bonchev–Trinajstić information content (AvgIpc) is 2.76. The van der Waals surface area contributed by atoms with E-state index in [4.69, 9.17) is 15.2 Å². The fourth-order valence-electron chi connectivity index (χ4n) is 3.67. The summed E-state index contributed by atoms with van der Waals surface area (Å²) < 4.78 is 12.5. The number of aryl methyl sites for hydroxylation is 1. The maximum Gasteiger partial charge on any atom is 0.259 e. The van der Waals surface area contributed by atoms with Gasteiger partial charge in [-0.3, -0.25) is 9.78 Å². The fraction of sp³-hybridized carbons (Fsp3) is 0.174. The molecule has 1 aromatic carbocycles. The van der Waals surface area contributed by atoms with Crippen molar-refractivity contribution in [1.29, 1.82) is 5.26 Å². The molecule has 0 saturated heterocycles. The van der Waals surface area contributed by atoms with Gasteiger partial charge in [-0.15, -0.1) is 0 Å². The monoisotopic (exact) mass is 400 g/mol. The van der Waals surface area contributed by atoms with Gasteiger partial charge in [-0.25, -0.2) is 0 Å². The Morgan fingerprint density at radius 2 is 2.03 bits per heavy atom. The minimum atomic E-state index is -0.632. The summed E-state index contributed by atoms with van der Waals surface area (Å²) in [6, 6.07) is 16.7. The molecule has 0 spiro atoms. The van der Waals surface area contributed by atoms with Crippen molar-refractivity contribution in [3.63, 3.8) is 0 Å². The molecule has 3 heterocycles. The van der Waals surface area contributed by atoms with Gasteiger partial charge in [0.1, 0.15) is 23.1 Å². The highest BCUT2D eigenvalue weighted by Gasteiger charge is 2.34. The van der Waals surface area contributed by atoms with Gasteiger partial charge in [0.2, 0.25) is 5.88 Å². The predicted molar refractivity (Wildman–Crippen MR) is 111 cm³/mol. The smallest absolute Gasteiger partial charge is 0.259 e.